The van der Waals surface area contributed by atoms with Crippen LogP contribution in [0.2, 0.25) is 5.02 Å². The molecule has 4 nitrogen and oxygen atoms in total. The van der Waals surface area contributed by atoms with Crippen molar-refractivity contribution in [1.82, 2.24) is 10.3 Å². The Balaban J connectivity index is 1.47. The first-order valence-electron chi connectivity index (χ1n) is 9.56. The molecule has 1 aromatic carbocycles. The van der Waals surface area contributed by atoms with Crippen molar-refractivity contribution in [3.8, 4) is 0 Å². The van der Waals surface area contributed by atoms with Gasteiger partial charge in [-0.3, -0.25) is 4.79 Å². The topological polar surface area (TPSA) is 54.0 Å². The maximum atomic E-state index is 12.8. The van der Waals surface area contributed by atoms with Gasteiger partial charge >= 0.3 is 6.18 Å². The molecule has 0 atom stereocenters. The predicted octanol–water partition coefficient (Wildman–Crippen LogP) is 5.46. The van der Waals surface area contributed by atoms with Gasteiger partial charge in [0.1, 0.15) is 5.82 Å². The van der Waals surface area contributed by atoms with E-state index in [9.17, 15) is 18.0 Å². The molecule has 0 bridgehead atoms. The standard InChI is InChI=1S/C21H23ClF3N3O/c1-13-2-7-18(22)17(10-13)20(29)28-16-5-3-14(4-6-16)12-27-19-11-15(8-9-26-19)21(23,24)25/h2,7-11,14,16H,3-6,12H2,1H3,(H,26,27)(H,28,29). The fourth-order valence-electron chi connectivity index (χ4n) is 3.54. The van der Waals surface area contributed by atoms with Crippen molar-refractivity contribution in [3.05, 3.63) is 58.2 Å². The van der Waals surface area contributed by atoms with Crippen LogP contribution < -0.4 is 10.6 Å². The number of alkyl halides is 3. The number of hydrogen-bond acceptors (Lipinski definition) is 3. The van der Waals surface area contributed by atoms with Crippen molar-refractivity contribution in [2.45, 2.75) is 44.8 Å². The summed E-state index contributed by atoms with van der Waals surface area (Å²) < 4.78 is 38.3. The zero-order valence-electron chi connectivity index (χ0n) is 16.0. The lowest BCUT2D eigenvalue weighted by molar-refractivity contribution is -0.137. The van der Waals surface area contributed by atoms with E-state index in [0.717, 1.165) is 49.6 Å². The van der Waals surface area contributed by atoms with E-state index < -0.39 is 11.7 Å². The summed E-state index contributed by atoms with van der Waals surface area (Å²) in [6, 6.07) is 7.40. The van der Waals surface area contributed by atoms with Crippen LogP contribution in [-0.2, 0) is 6.18 Å². The van der Waals surface area contributed by atoms with E-state index in [1.165, 1.54) is 0 Å². The minimum atomic E-state index is -4.38. The molecule has 1 aromatic heterocycles. The highest BCUT2D eigenvalue weighted by Gasteiger charge is 2.31. The minimum Gasteiger partial charge on any atom is -0.370 e. The number of aromatic nitrogens is 1. The third-order valence-electron chi connectivity index (χ3n) is 5.21. The van der Waals surface area contributed by atoms with E-state index in [-0.39, 0.29) is 17.8 Å². The van der Waals surface area contributed by atoms with Crippen LogP contribution in [-0.4, -0.2) is 23.5 Å². The molecular weight excluding hydrogens is 403 g/mol. The zero-order valence-corrected chi connectivity index (χ0v) is 16.8. The van der Waals surface area contributed by atoms with Crippen LogP contribution in [0.25, 0.3) is 0 Å². The zero-order chi connectivity index (χ0) is 21.0. The van der Waals surface area contributed by atoms with Crippen LogP contribution in [0.3, 0.4) is 0 Å². The van der Waals surface area contributed by atoms with Crippen LogP contribution >= 0.6 is 11.6 Å². The summed E-state index contributed by atoms with van der Waals surface area (Å²) in [6.07, 6.45) is 0.163. The lowest BCUT2D eigenvalue weighted by Gasteiger charge is -2.29. The van der Waals surface area contributed by atoms with E-state index in [2.05, 4.69) is 15.6 Å². The molecule has 1 aliphatic carbocycles. The van der Waals surface area contributed by atoms with Gasteiger partial charge < -0.3 is 10.6 Å². The van der Waals surface area contributed by atoms with Gasteiger partial charge in [-0.2, -0.15) is 13.2 Å². The summed E-state index contributed by atoms with van der Waals surface area (Å²) in [7, 11) is 0. The molecule has 0 spiro atoms. The maximum absolute atomic E-state index is 12.8. The summed E-state index contributed by atoms with van der Waals surface area (Å²) >= 11 is 6.13. The van der Waals surface area contributed by atoms with E-state index in [0.29, 0.717) is 23.0 Å². The van der Waals surface area contributed by atoms with Gasteiger partial charge in [0.25, 0.3) is 5.91 Å². The molecule has 1 fully saturated rings. The number of anilines is 1. The van der Waals surface area contributed by atoms with Crippen LogP contribution in [0, 0.1) is 12.8 Å². The van der Waals surface area contributed by atoms with E-state index in [1.54, 1.807) is 12.1 Å². The van der Waals surface area contributed by atoms with E-state index in [1.807, 2.05) is 13.0 Å². The molecule has 0 saturated heterocycles. The van der Waals surface area contributed by atoms with Crippen molar-refractivity contribution in [2.24, 2.45) is 5.92 Å². The Kier molecular flexibility index (Phi) is 6.67. The number of hydrogen-bond donors (Lipinski definition) is 2. The number of halogens is 4. The highest BCUT2D eigenvalue weighted by atomic mass is 35.5. The average Bonchev–Trinajstić information content (AvgIpc) is 2.69. The molecule has 0 unspecified atom stereocenters. The Morgan fingerprint density at radius 1 is 1.17 bits per heavy atom. The molecule has 1 heterocycles. The first-order chi connectivity index (χ1) is 13.7. The number of carbonyl (C=O) groups excluding carboxylic acids is 1. The number of nitrogens with one attached hydrogen (secondary N) is 2. The van der Waals surface area contributed by atoms with Crippen molar-refractivity contribution in [1.29, 1.82) is 0 Å². The third-order valence-corrected chi connectivity index (χ3v) is 5.54. The minimum absolute atomic E-state index is 0.0713. The van der Waals surface area contributed by atoms with Gasteiger partial charge in [0.2, 0.25) is 0 Å². The molecule has 2 N–H and O–H groups in total. The van der Waals surface area contributed by atoms with Crippen molar-refractivity contribution >= 4 is 23.3 Å². The Morgan fingerprint density at radius 3 is 2.59 bits per heavy atom. The number of nitrogens with zero attached hydrogens (tertiary/aromatic N) is 1. The maximum Gasteiger partial charge on any atom is 0.416 e. The van der Waals surface area contributed by atoms with Crippen molar-refractivity contribution < 1.29 is 18.0 Å². The Bertz CT molecular complexity index is 864. The Morgan fingerprint density at radius 2 is 1.90 bits per heavy atom. The number of carbonyl (C=O) groups is 1. The fourth-order valence-corrected chi connectivity index (χ4v) is 3.74. The first-order valence-corrected chi connectivity index (χ1v) is 9.94. The van der Waals surface area contributed by atoms with Gasteiger partial charge in [0.15, 0.2) is 0 Å². The lowest BCUT2D eigenvalue weighted by Crippen LogP contribution is -2.38. The fraction of sp³-hybridized carbons (Fsp3) is 0.429. The molecule has 29 heavy (non-hydrogen) atoms. The largest absolute Gasteiger partial charge is 0.416 e. The van der Waals surface area contributed by atoms with Crippen molar-refractivity contribution in [3.63, 3.8) is 0 Å². The SMILES string of the molecule is Cc1ccc(Cl)c(C(=O)NC2CCC(CNc3cc(C(F)(F)F)ccn3)CC2)c1. The molecular formula is C21H23ClF3N3O. The first kappa shape index (κ1) is 21.4. The number of amides is 1. The number of rotatable bonds is 5. The van der Waals surface area contributed by atoms with Gasteiger partial charge in [0, 0.05) is 18.8 Å². The summed E-state index contributed by atoms with van der Waals surface area (Å²) in [6.45, 7) is 2.46. The molecule has 1 aliphatic rings. The molecule has 0 radical (unpaired) electrons. The normalized spacial score (nSPS) is 19.6. The van der Waals surface area contributed by atoms with Crippen LogP contribution in [0.15, 0.2) is 36.5 Å². The van der Waals surface area contributed by atoms with Gasteiger partial charge in [-0.25, -0.2) is 4.98 Å². The van der Waals surface area contributed by atoms with Gasteiger partial charge in [0.05, 0.1) is 16.1 Å². The highest BCUT2D eigenvalue weighted by Crippen LogP contribution is 2.30. The quantitative estimate of drug-likeness (QED) is 0.668. The monoisotopic (exact) mass is 425 g/mol. The summed E-state index contributed by atoms with van der Waals surface area (Å²) in [5.41, 5.74) is 0.736. The molecule has 1 saturated carbocycles. The number of aryl methyl sites for hydroxylation is 1. The second-order valence-corrected chi connectivity index (χ2v) is 7.89. The van der Waals surface area contributed by atoms with Crippen LogP contribution in [0.4, 0.5) is 19.0 Å². The number of benzene rings is 1. The second kappa shape index (κ2) is 9.03. The third kappa shape index (κ3) is 5.85. The smallest absolute Gasteiger partial charge is 0.370 e. The average molecular weight is 426 g/mol. The van der Waals surface area contributed by atoms with Gasteiger partial charge in [-0.1, -0.05) is 23.2 Å². The predicted molar refractivity (Wildman–Crippen MR) is 107 cm³/mol. The molecule has 2 aromatic rings. The van der Waals surface area contributed by atoms with Crippen LogP contribution in [0.5, 0.6) is 0 Å². The lowest BCUT2D eigenvalue weighted by atomic mass is 9.86. The summed E-state index contributed by atoms with van der Waals surface area (Å²) in [5, 5.41) is 6.48. The van der Waals surface area contributed by atoms with Crippen LogP contribution in [0.1, 0.15) is 47.2 Å². The molecule has 0 aliphatic heterocycles. The van der Waals surface area contributed by atoms with E-state index in [4.69, 9.17) is 11.6 Å². The second-order valence-electron chi connectivity index (χ2n) is 7.48. The summed E-state index contributed by atoms with van der Waals surface area (Å²) in [5.74, 6) is 0.375. The van der Waals surface area contributed by atoms with Gasteiger partial charge in [-0.05, 0) is 62.8 Å². The van der Waals surface area contributed by atoms with Gasteiger partial charge in [-0.15, -0.1) is 0 Å². The highest BCUT2D eigenvalue weighted by molar-refractivity contribution is 6.33. The summed E-state index contributed by atoms with van der Waals surface area (Å²) in [4.78, 5) is 16.4. The molecule has 156 valence electrons. The Labute approximate surface area is 172 Å². The molecule has 1 amide bonds. The van der Waals surface area contributed by atoms with E-state index >= 15 is 0 Å². The Hall–Kier alpha value is -2.28. The molecule has 3 rings (SSSR count). The van der Waals surface area contributed by atoms with Crippen molar-refractivity contribution in [2.75, 3.05) is 11.9 Å². The molecule has 8 heteroatoms. The number of pyridine rings is 1.